The molecule has 0 aliphatic rings. The van der Waals surface area contributed by atoms with Gasteiger partial charge in [0.25, 0.3) is 0 Å². The van der Waals surface area contributed by atoms with Crippen molar-refractivity contribution in [3.05, 3.63) is 65.5 Å². The number of hydrogen-bond acceptors (Lipinski definition) is 4. The number of anilines is 1. The van der Waals surface area contributed by atoms with Gasteiger partial charge in [0.15, 0.2) is 5.82 Å². The molecule has 0 aliphatic carbocycles. The third kappa shape index (κ3) is 3.76. The van der Waals surface area contributed by atoms with Crippen LogP contribution in [0.15, 0.2) is 48.8 Å². The first-order chi connectivity index (χ1) is 14.1. The number of pyridine rings is 1. The molecule has 0 saturated carbocycles. The van der Waals surface area contributed by atoms with Crippen molar-refractivity contribution in [3.8, 4) is 0 Å². The summed E-state index contributed by atoms with van der Waals surface area (Å²) in [4.78, 5) is 20.6. The molecule has 0 bridgehead atoms. The minimum atomic E-state index is -0.406. The van der Waals surface area contributed by atoms with E-state index >= 15 is 0 Å². The van der Waals surface area contributed by atoms with E-state index in [9.17, 15) is 4.79 Å². The second kappa shape index (κ2) is 8.09. The second-order valence-electron chi connectivity index (χ2n) is 7.10. The molecule has 0 aliphatic heterocycles. The third-order valence-corrected chi connectivity index (χ3v) is 5.47. The number of rotatable bonds is 7. The van der Waals surface area contributed by atoms with Gasteiger partial charge in [-0.3, -0.25) is 4.79 Å². The predicted molar refractivity (Wildman–Crippen MR) is 117 cm³/mol. The minimum Gasteiger partial charge on any atom is -0.382 e. The van der Waals surface area contributed by atoms with Crippen LogP contribution in [-0.2, 0) is 18.8 Å². The lowest BCUT2D eigenvalue weighted by Gasteiger charge is -2.10. The Morgan fingerprint density at radius 2 is 1.97 bits per heavy atom. The van der Waals surface area contributed by atoms with Crippen molar-refractivity contribution in [3.63, 3.8) is 0 Å². The van der Waals surface area contributed by atoms with Gasteiger partial charge in [-0.2, -0.15) is 0 Å². The van der Waals surface area contributed by atoms with Crippen LogP contribution >= 0.6 is 11.6 Å². The van der Waals surface area contributed by atoms with Crippen LogP contribution in [-0.4, -0.2) is 20.4 Å². The Morgan fingerprint density at radius 1 is 1.14 bits per heavy atom. The third-order valence-electron chi connectivity index (χ3n) is 5.16. The number of halogens is 1. The summed E-state index contributed by atoms with van der Waals surface area (Å²) in [7, 11) is 0. The molecule has 4 rings (SSSR count). The van der Waals surface area contributed by atoms with E-state index in [4.69, 9.17) is 23.1 Å². The highest BCUT2D eigenvalue weighted by Crippen LogP contribution is 2.27. The van der Waals surface area contributed by atoms with Crippen molar-refractivity contribution in [1.82, 2.24) is 14.5 Å². The van der Waals surface area contributed by atoms with Gasteiger partial charge < -0.3 is 16.0 Å². The summed E-state index contributed by atoms with van der Waals surface area (Å²) in [6, 6.07) is 13.5. The molecule has 4 aromatic rings. The van der Waals surface area contributed by atoms with Gasteiger partial charge in [-0.1, -0.05) is 30.3 Å². The maximum Gasteiger partial charge on any atom is 0.248 e. The van der Waals surface area contributed by atoms with Crippen molar-refractivity contribution in [2.75, 3.05) is 5.73 Å². The van der Waals surface area contributed by atoms with Crippen molar-refractivity contribution in [2.24, 2.45) is 5.73 Å². The number of alkyl halides is 1. The standard InChI is InChI=1S/C22H22ClN5O/c23-12-14-8-9-16(22(25)29)15(11-14)5-3-4-10-28-13-26-19-20(28)17-6-1-2-7-18(17)27-21(19)24/h1-2,6-9,11,13H,3-5,10,12H2,(H2,24,27)(H2,25,29). The van der Waals surface area contributed by atoms with Gasteiger partial charge in [-0.15, -0.1) is 11.6 Å². The Balaban J connectivity index is 1.53. The molecule has 2 aromatic heterocycles. The van der Waals surface area contributed by atoms with E-state index in [2.05, 4.69) is 14.5 Å². The van der Waals surface area contributed by atoms with Gasteiger partial charge in [0.2, 0.25) is 5.91 Å². The largest absolute Gasteiger partial charge is 0.382 e. The van der Waals surface area contributed by atoms with Gasteiger partial charge in [0.1, 0.15) is 5.52 Å². The lowest BCUT2D eigenvalue weighted by atomic mass is 9.99. The summed E-state index contributed by atoms with van der Waals surface area (Å²) < 4.78 is 2.12. The quantitative estimate of drug-likeness (QED) is 0.357. The summed E-state index contributed by atoms with van der Waals surface area (Å²) in [6.07, 6.45) is 4.41. The summed E-state index contributed by atoms with van der Waals surface area (Å²) in [5, 5.41) is 1.04. The molecule has 1 amide bonds. The molecule has 2 aromatic carbocycles. The van der Waals surface area contributed by atoms with Gasteiger partial charge in [-0.05, 0) is 42.5 Å². The van der Waals surface area contributed by atoms with E-state index in [-0.39, 0.29) is 0 Å². The van der Waals surface area contributed by atoms with Gasteiger partial charge in [0, 0.05) is 23.4 Å². The lowest BCUT2D eigenvalue weighted by Crippen LogP contribution is -2.14. The number of imidazole rings is 1. The first-order valence-corrected chi connectivity index (χ1v) is 10.1. The van der Waals surface area contributed by atoms with Crippen LogP contribution in [0.4, 0.5) is 5.82 Å². The summed E-state index contributed by atoms with van der Waals surface area (Å²) in [5.41, 5.74) is 16.7. The molecule has 4 N–H and O–H groups in total. The molecule has 0 atom stereocenters. The highest BCUT2D eigenvalue weighted by Gasteiger charge is 2.12. The SMILES string of the molecule is NC(=O)c1ccc(CCl)cc1CCCCn1cnc2c(N)nc3ccccc3c21. The molecule has 0 fully saturated rings. The Bertz CT molecular complexity index is 1200. The van der Waals surface area contributed by atoms with E-state index < -0.39 is 5.91 Å². The number of nitrogens with two attached hydrogens (primary N) is 2. The van der Waals surface area contributed by atoms with Crippen LogP contribution in [0.5, 0.6) is 0 Å². The number of unbranched alkanes of at least 4 members (excludes halogenated alkanes) is 1. The number of nitrogen functional groups attached to an aromatic ring is 1. The molecule has 0 radical (unpaired) electrons. The fraction of sp³-hybridized carbons (Fsp3) is 0.227. The number of aryl methyl sites for hydroxylation is 2. The molecule has 7 heteroatoms. The van der Waals surface area contributed by atoms with E-state index in [1.807, 2.05) is 42.7 Å². The molecule has 6 nitrogen and oxygen atoms in total. The van der Waals surface area contributed by atoms with E-state index in [0.29, 0.717) is 17.3 Å². The van der Waals surface area contributed by atoms with Gasteiger partial charge in [0.05, 0.1) is 17.4 Å². The zero-order valence-electron chi connectivity index (χ0n) is 15.9. The molecule has 0 saturated heterocycles. The number of carbonyl (C=O) groups excluding carboxylic acids is 1. The van der Waals surface area contributed by atoms with E-state index in [0.717, 1.165) is 58.9 Å². The zero-order valence-corrected chi connectivity index (χ0v) is 16.7. The summed E-state index contributed by atoms with van der Waals surface area (Å²) >= 11 is 5.93. The van der Waals surface area contributed by atoms with Crippen LogP contribution in [0.2, 0.25) is 0 Å². The van der Waals surface area contributed by atoms with Crippen LogP contribution in [0.25, 0.3) is 21.9 Å². The highest BCUT2D eigenvalue weighted by atomic mass is 35.5. The van der Waals surface area contributed by atoms with E-state index in [1.165, 1.54) is 0 Å². The average Bonchev–Trinajstić information content (AvgIpc) is 3.16. The molecule has 148 valence electrons. The van der Waals surface area contributed by atoms with Gasteiger partial charge >= 0.3 is 0 Å². The number of benzene rings is 2. The number of carbonyl (C=O) groups is 1. The van der Waals surface area contributed by atoms with E-state index in [1.54, 1.807) is 6.07 Å². The van der Waals surface area contributed by atoms with Crippen molar-refractivity contribution in [2.45, 2.75) is 31.7 Å². The smallest absolute Gasteiger partial charge is 0.248 e. The van der Waals surface area contributed by atoms with Crippen LogP contribution in [0, 0.1) is 0 Å². The maximum atomic E-state index is 11.7. The van der Waals surface area contributed by atoms with Crippen LogP contribution < -0.4 is 11.5 Å². The second-order valence-corrected chi connectivity index (χ2v) is 7.36. The maximum absolute atomic E-state index is 11.7. The first kappa shape index (κ1) is 19.2. The molecular weight excluding hydrogens is 386 g/mol. The van der Waals surface area contributed by atoms with Crippen LogP contribution in [0.3, 0.4) is 0 Å². The van der Waals surface area contributed by atoms with Crippen molar-refractivity contribution in [1.29, 1.82) is 0 Å². The Kier molecular flexibility index (Phi) is 5.36. The predicted octanol–water partition coefficient (Wildman–Crippen LogP) is 4.03. The summed E-state index contributed by atoms with van der Waals surface area (Å²) in [6.45, 7) is 0.797. The fourth-order valence-electron chi connectivity index (χ4n) is 3.75. The minimum absolute atomic E-state index is 0.406. The number of hydrogen-bond donors (Lipinski definition) is 2. The number of para-hydroxylation sites is 1. The molecule has 0 spiro atoms. The summed E-state index contributed by atoms with van der Waals surface area (Å²) in [5.74, 6) is 0.452. The number of aromatic nitrogens is 3. The van der Waals surface area contributed by atoms with Crippen molar-refractivity contribution >= 4 is 45.3 Å². The fourth-order valence-corrected chi connectivity index (χ4v) is 3.92. The monoisotopic (exact) mass is 407 g/mol. The Labute approximate surface area is 173 Å². The van der Waals surface area contributed by atoms with Crippen molar-refractivity contribution < 1.29 is 4.79 Å². The number of fused-ring (bicyclic) bond motifs is 3. The number of amides is 1. The molecule has 2 heterocycles. The lowest BCUT2D eigenvalue weighted by molar-refractivity contribution is 0.0999. The number of nitrogens with zero attached hydrogens (tertiary/aromatic N) is 3. The molecule has 0 unspecified atom stereocenters. The highest BCUT2D eigenvalue weighted by molar-refractivity contribution is 6.17. The Hall–Kier alpha value is -3.12. The molecular formula is C22H22ClN5O. The van der Waals surface area contributed by atoms with Crippen LogP contribution in [0.1, 0.15) is 34.3 Å². The first-order valence-electron chi connectivity index (χ1n) is 9.55. The zero-order chi connectivity index (χ0) is 20.4. The Morgan fingerprint density at radius 3 is 2.76 bits per heavy atom. The normalized spacial score (nSPS) is 11.3. The molecule has 29 heavy (non-hydrogen) atoms. The van der Waals surface area contributed by atoms with Gasteiger partial charge in [-0.25, -0.2) is 9.97 Å². The average molecular weight is 408 g/mol. The number of primary amides is 1. The topological polar surface area (TPSA) is 99.8 Å².